The number of carbonyl (C=O) groups excluding carboxylic acids is 1. The van der Waals surface area contributed by atoms with E-state index >= 15 is 0 Å². The Morgan fingerprint density at radius 3 is 2.54 bits per heavy atom. The summed E-state index contributed by atoms with van der Waals surface area (Å²) in [7, 11) is -3.73. The fourth-order valence-electron chi connectivity index (χ4n) is 3.32. The lowest BCUT2D eigenvalue weighted by Gasteiger charge is -2.30. The van der Waals surface area contributed by atoms with Gasteiger partial charge in [-0.05, 0) is 32.8 Å². The van der Waals surface area contributed by atoms with E-state index in [0.717, 1.165) is 12.1 Å². The molecule has 0 aliphatic carbocycles. The van der Waals surface area contributed by atoms with Crippen molar-refractivity contribution in [3.8, 4) is 0 Å². The zero-order valence-corrected chi connectivity index (χ0v) is 16.4. The van der Waals surface area contributed by atoms with Gasteiger partial charge in [-0.25, -0.2) is 17.2 Å². The maximum absolute atomic E-state index is 13.6. The van der Waals surface area contributed by atoms with E-state index in [1.165, 1.54) is 10.4 Å². The van der Waals surface area contributed by atoms with Crippen molar-refractivity contribution in [1.82, 2.24) is 14.8 Å². The van der Waals surface area contributed by atoms with Gasteiger partial charge in [-0.15, -0.1) is 0 Å². The topological polar surface area (TPSA) is 92.5 Å². The molecule has 1 amide bonds. The van der Waals surface area contributed by atoms with Crippen LogP contribution in [0, 0.1) is 31.4 Å². The van der Waals surface area contributed by atoms with E-state index in [0.29, 0.717) is 18.5 Å². The molecule has 7 nitrogen and oxygen atoms in total. The summed E-state index contributed by atoms with van der Waals surface area (Å²) in [5.41, 5.74) is 0.492. The van der Waals surface area contributed by atoms with E-state index < -0.39 is 21.7 Å². The zero-order valence-electron chi connectivity index (χ0n) is 15.5. The van der Waals surface area contributed by atoms with Crippen molar-refractivity contribution < 1.29 is 26.5 Å². The number of sulfonamides is 1. The number of nitrogens with one attached hydrogen (secondary N) is 1. The number of halogens is 2. The smallest absolute Gasteiger partial charge is 0.248 e. The van der Waals surface area contributed by atoms with Crippen LogP contribution in [0.25, 0.3) is 0 Å². The van der Waals surface area contributed by atoms with Crippen LogP contribution in [0.2, 0.25) is 0 Å². The third-order valence-corrected chi connectivity index (χ3v) is 7.00. The lowest BCUT2D eigenvalue weighted by molar-refractivity contribution is -0.126. The van der Waals surface area contributed by atoms with E-state index in [2.05, 4.69) is 10.5 Å². The molecule has 3 rings (SSSR count). The van der Waals surface area contributed by atoms with Gasteiger partial charge in [-0.2, -0.15) is 4.31 Å². The predicted octanol–water partition coefficient (Wildman–Crippen LogP) is 2.29. The summed E-state index contributed by atoms with van der Waals surface area (Å²) in [5, 5.41) is 6.32. The highest BCUT2D eigenvalue weighted by atomic mass is 32.2. The SMILES string of the molecule is Cc1noc(C)c1S(=O)(=O)N1CCC(C(=O)NCc2ccc(F)cc2F)CC1. The van der Waals surface area contributed by atoms with E-state index in [1.54, 1.807) is 13.8 Å². The molecule has 28 heavy (non-hydrogen) atoms. The first-order valence-electron chi connectivity index (χ1n) is 8.85. The first-order valence-corrected chi connectivity index (χ1v) is 10.3. The average molecular weight is 413 g/mol. The molecule has 1 aliphatic rings. The molecule has 0 atom stereocenters. The van der Waals surface area contributed by atoms with Gasteiger partial charge in [-0.1, -0.05) is 11.2 Å². The van der Waals surface area contributed by atoms with Crippen LogP contribution in [0.1, 0.15) is 29.9 Å². The molecule has 1 aliphatic heterocycles. The van der Waals surface area contributed by atoms with E-state index in [4.69, 9.17) is 4.52 Å². The molecule has 2 heterocycles. The number of benzene rings is 1. The third-order valence-electron chi connectivity index (χ3n) is 4.86. The molecule has 0 unspecified atom stereocenters. The summed E-state index contributed by atoms with van der Waals surface area (Å²) in [6, 6.07) is 3.17. The standard InChI is InChI=1S/C18H21F2N3O4S/c1-11-17(12(2)27-22-11)28(25,26)23-7-5-13(6-8-23)18(24)21-10-14-3-4-15(19)9-16(14)20/h3-4,9,13H,5-8,10H2,1-2H3,(H,21,24). The molecule has 1 aromatic carbocycles. The number of rotatable bonds is 5. The highest BCUT2D eigenvalue weighted by Gasteiger charge is 2.35. The number of hydrogen-bond acceptors (Lipinski definition) is 5. The summed E-state index contributed by atoms with van der Waals surface area (Å²) in [6.07, 6.45) is 0.695. The molecule has 2 aromatic rings. The molecule has 10 heteroatoms. The number of hydrogen-bond donors (Lipinski definition) is 1. The molecular formula is C18H21F2N3O4S. The summed E-state index contributed by atoms with van der Waals surface area (Å²) >= 11 is 0. The molecule has 0 spiro atoms. The molecule has 0 bridgehead atoms. The molecular weight excluding hydrogens is 392 g/mol. The Hall–Kier alpha value is -2.33. The van der Waals surface area contributed by atoms with Crippen molar-refractivity contribution in [1.29, 1.82) is 0 Å². The minimum atomic E-state index is -3.73. The number of aromatic nitrogens is 1. The minimum Gasteiger partial charge on any atom is -0.360 e. The highest BCUT2D eigenvalue weighted by Crippen LogP contribution is 2.27. The quantitative estimate of drug-likeness (QED) is 0.812. The summed E-state index contributed by atoms with van der Waals surface area (Å²) in [5.74, 6) is -1.82. The van der Waals surface area contributed by atoms with Gasteiger partial charge in [0.1, 0.15) is 22.2 Å². The molecule has 1 saturated heterocycles. The largest absolute Gasteiger partial charge is 0.360 e. The van der Waals surface area contributed by atoms with Crippen molar-refractivity contribution in [3.05, 3.63) is 46.9 Å². The normalized spacial score (nSPS) is 16.3. The van der Waals surface area contributed by atoms with E-state index in [-0.39, 0.29) is 47.7 Å². The number of amides is 1. The summed E-state index contributed by atoms with van der Waals surface area (Å²) < 4.78 is 58.4. The highest BCUT2D eigenvalue weighted by molar-refractivity contribution is 7.89. The summed E-state index contributed by atoms with van der Waals surface area (Å²) in [6.45, 7) is 3.44. The number of piperidine rings is 1. The van der Waals surface area contributed by atoms with Gasteiger partial charge in [0.25, 0.3) is 0 Å². The van der Waals surface area contributed by atoms with Crippen LogP contribution in [0.4, 0.5) is 8.78 Å². The van der Waals surface area contributed by atoms with Crippen molar-refractivity contribution >= 4 is 15.9 Å². The summed E-state index contributed by atoms with van der Waals surface area (Å²) in [4.78, 5) is 12.4. The Kier molecular flexibility index (Phi) is 5.80. The number of nitrogens with zero attached hydrogens (tertiary/aromatic N) is 2. The molecule has 152 valence electrons. The van der Waals surface area contributed by atoms with Gasteiger partial charge in [-0.3, -0.25) is 4.79 Å². The van der Waals surface area contributed by atoms with Gasteiger partial charge in [0, 0.05) is 37.2 Å². The van der Waals surface area contributed by atoms with Gasteiger partial charge < -0.3 is 9.84 Å². The van der Waals surface area contributed by atoms with Crippen molar-refractivity contribution in [3.63, 3.8) is 0 Å². The van der Waals surface area contributed by atoms with Crippen LogP contribution in [-0.4, -0.2) is 36.9 Å². The second-order valence-electron chi connectivity index (χ2n) is 6.79. The second-order valence-corrected chi connectivity index (χ2v) is 8.66. The van der Waals surface area contributed by atoms with Crippen LogP contribution >= 0.6 is 0 Å². The van der Waals surface area contributed by atoms with Crippen molar-refractivity contribution in [2.75, 3.05) is 13.1 Å². The van der Waals surface area contributed by atoms with Gasteiger partial charge in [0.15, 0.2) is 5.76 Å². The fourth-order valence-corrected chi connectivity index (χ4v) is 5.08. The Bertz CT molecular complexity index is 963. The molecule has 0 saturated carbocycles. The lowest BCUT2D eigenvalue weighted by atomic mass is 9.97. The third kappa shape index (κ3) is 4.07. The molecule has 1 fully saturated rings. The van der Waals surface area contributed by atoms with Crippen LogP contribution < -0.4 is 5.32 Å². The van der Waals surface area contributed by atoms with Gasteiger partial charge in [0.2, 0.25) is 15.9 Å². The number of aryl methyl sites for hydroxylation is 2. The van der Waals surface area contributed by atoms with Crippen LogP contribution in [0.5, 0.6) is 0 Å². The van der Waals surface area contributed by atoms with Crippen LogP contribution in [0.15, 0.2) is 27.6 Å². The zero-order chi connectivity index (χ0) is 20.5. The maximum Gasteiger partial charge on any atom is 0.248 e. The van der Waals surface area contributed by atoms with Crippen LogP contribution in [-0.2, 0) is 21.4 Å². The second kappa shape index (κ2) is 7.96. The lowest BCUT2D eigenvalue weighted by Crippen LogP contribution is -2.43. The molecule has 0 radical (unpaired) electrons. The molecule has 1 aromatic heterocycles. The predicted molar refractivity (Wildman–Crippen MR) is 95.7 cm³/mol. The van der Waals surface area contributed by atoms with Crippen LogP contribution in [0.3, 0.4) is 0 Å². The Morgan fingerprint density at radius 1 is 1.29 bits per heavy atom. The van der Waals surface area contributed by atoms with E-state index in [1.807, 2.05) is 0 Å². The first kappa shape index (κ1) is 20.4. The Balaban J connectivity index is 1.58. The minimum absolute atomic E-state index is 0.0530. The number of carbonyl (C=O) groups is 1. The van der Waals surface area contributed by atoms with Gasteiger partial charge in [0.05, 0.1) is 0 Å². The van der Waals surface area contributed by atoms with Gasteiger partial charge >= 0.3 is 0 Å². The van der Waals surface area contributed by atoms with E-state index in [9.17, 15) is 22.0 Å². The first-order chi connectivity index (χ1) is 13.2. The average Bonchev–Trinajstić information content (AvgIpc) is 3.00. The van der Waals surface area contributed by atoms with Crippen molar-refractivity contribution in [2.24, 2.45) is 5.92 Å². The monoisotopic (exact) mass is 413 g/mol. The van der Waals surface area contributed by atoms with Crippen molar-refractivity contribution in [2.45, 2.75) is 38.1 Å². The maximum atomic E-state index is 13.6. The Labute approximate surface area is 161 Å². The Morgan fingerprint density at radius 2 is 1.96 bits per heavy atom. The fraction of sp³-hybridized carbons (Fsp3) is 0.444. The molecule has 1 N–H and O–H groups in total.